The molecular weight excluding hydrogens is 505 g/mol. The number of hydrogen-bond donors (Lipinski definition) is 1. The molecule has 202 valence electrons. The predicted octanol–water partition coefficient (Wildman–Crippen LogP) is 6.82. The highest BCUT2D eigenvalue weighted by Gasteiger charge is 2.36. The maximum Gasteiger partial charge on any atom is 0.323 e. The number of urea groups is 1. The number of ether oxygens (including phenoxy) is 1. The van der Waals surface area contributed by atoms with Crippen LogP contribution in [0, 0.1) is 12.7 Å². The van der Waals surface area contributed by atoms with E-state index in [0.29, 0.717) is 23.4 Å². The number of anilines is 1. The molecule has 1 atom stereocenters. The van der Waals surface area contributed by atoms with Crippen molar-refractivity contribution in [2.45, 2.75) is 32.9 Å². The van der Waals surface area contributed by atoms with E-state index in [1.807, 2.05) is 84.5 Å². The Morgan fingerprint density at radius 2 is 1.88 bits per heavy atom. The number of benzene rings is 3. The fourth-order valence-corrected chi connectivity index (χ4v) is 5.48. The normalized spacial score (nSPS) is 14.3. The van der Waals surface area contributed by atoms with Crippen molar-refractivity contribution in [3.63, 3.8) is 0 Å². The standard InChI is InChI=1S/C32H30FN5O2/c1-4-26-25-20-37(32(39)34-27-18-21(2)15-16-29(27)40-3)30(22-10-8-11-23(33)19-22)28-14-9-17-36(28)31(25)38(35-26)24-12-6-5-7-13-24/h5-19,30H,4,20H2,1-3H3,(H,34,39). The minimum absolute atomic E-state index is 0.272. The van der Waals surface area contributed by atoms with Crippen LogP contribution in [0.5, 0.6) is 5.75 Å². The summed E-state index contributed by atoms with van der Waals surface area (Å²) in [6.07, 6.45) is 2.66. The lowest BCUT2D eigenvalue weighted by Crippen LogP contribution is -2.38. The third-order valence-corrected chi connectivity index (χ3v) is 7.33. The molecular formula is C32H30FN5O2. The van der Waals surface area contributed by atoms with Crippen LogP contribution in [0.3, 0.4) is 0 Å². The van der Waals surface area contributed by atoms with Crippen LogP contribution in [0.2, 0.25) is 0 Å². The first-order valence-electron chi connectivity index (χ1n) is 13.3. The van der Waals surface area contributed by atoms with Crippen molar-refractivity contribution >= 4 is 11.7 Å². The molecule has 0 aliphatic carbocycles. The van der Waals surface area contributed by atoms with Gasteiger partial charge in [-0.15, -0.1) is 0 Å². The second-order valence-corrected chi connectivity index (χ2v) is 9.87. The molecule has 0 spiro atoms. The van der Waals surface area contributed by atoms with Crippen LogP contribution in [0.1, 0.15) is 41.0 Å². The lowest BCUT2D eigenvalue weighted by molar-refractivity contribution is 0.194. The maximum atomic E-state index is 14.6. The van der Waals surface area contributed by atoms with Crippen LogP contribution in [-0.2, 0) is 13.0 Å². The Hall–Kier alpha value is -4.85. The van der Waals surface area contributed by atoms with Crippen LogP contribution in [-0.4, -0.2) is 32.4 Å². The number of amides is 2. The van der Waals surface area contributed by atoms with E-state index in [1.165, 1.54) is 12.1 Å². The van der Waals surface area contributed by atoms with Gasteiger partial charge in [0.1, 0.15) is 17.4 Å². The Labute approximate surface area is 232 Å². The van der Waals surface area contributed by atoms with Gasteiger partial charge in [-0.25, -0.2) is 13.9 Å². The summed E-state index contributed by atoms with van der Waals surface area (Å²) in [5.74, 6) is 1.07. The summed E-state index contributed by atoms with van der Waals surface area (Å²) in [6, 6.07) is 25.1. The summed E-state index contributed by atoms with van der Waals surface area (Å²) in [7, 11) is 1.58. The van der Waals surface area contributed by atoms with Gasteiger partial charge < -0.3 is 19.5 Å². The molecule has 1 aliphatic rings. The minimum atomic E-state index is -0.567. The van der Waals surface area contributed by atoms with E-state index in [-0.39, 0.29) is 18.4 Å². The van der Waals surface area contributed by atoms with E-state index in [4.69, 9.17) is 9.84 Å². The molecule has 1 unspecified atom stereocenters. The number of carbonyl (C=O) groups is 1. The average molecular weight is 536 g/mol. The highest BCUT2D eigenvalue weighted by atomic mass is 19.1. The van der Waals surface area contributed by atoms with Gasteiger partial charge >= 0.3 is 6.03 Å². The number of aromatic nitrogens is 3. The molecule has 8 heteroatoms. The largest absolute Gasteiger partial charge is 0.495 e. The van der Waals surface area contributed by atoms with Crippen LogP contribution in [0.15, 0.2) is 91.1 Å². The minimum Gasteiger partial charge on any atom is -0.495 e. The molecule has 0 fully saturated rings. The highest BCUT2D eigenvalue weighted by molar-refractivity contribution is 5.92. The van der Waals surface area contributed by atoms with Crippen LogP contribution >= 0.6 is 0 Å². The number of rotatable bonds is 5. The van der Waals surface area contributed by atoms with Gasteiger partial charge in [0.2, 0.25) is 0 Å². The van der Waals surface area contributed by atoms with Crippen LogP contribution in [0.4, 0.5) is 14.9 Å². The molecule has 1 N–H and O–H groups in total. The first kappa shape index (κ1) is 25.4. The molecule has 5 aromatic rings. The third-order valence-electron chi connectivity index (χ3n) is 7.33. The zero-order valence-electron chi connectivity index (χ0n) is 22.6. The number of halogens is 1. The van der Waals surface area contributed by atoms with Gasteiger partial charge in [0.25, 0.3) is 0 Å². The van der Waals surface area contributed by atoms with Crippen molar-refractivity contribution < 1.29 is 13.9 Å². The van der Waals surface area contributed by atoms with Gasteiger partial charge in [-0.3, -0.25) is 0 Å². The molecule has 1 aliphatic heterocycles. The quantitative estimate of drug-likeness (QED) is 0.269. The summed E-state index contributed by atoms with van der Waals surface area (Å²) < 4.78 is 24.1. The Balaban J connectivity index is 1.55. The fourth-order valence-electron chi connectivity index (χ4n) is 5.48. The van der Waals surface area contributed by atoms with Crippen molar-refractivity contribution in [1.29, 1.82) is 0 Å². The predicted molar refractivity (Wildman–Crippen MR) is 153 cm³/mol. The van der Waals surface area contributed by atoms with Gasteiger partial charge in [-0.2, -0.15) is 5.10 Å². The number of carbonyl (C=O) groups excluding carboxylic acids is 1. The summed E-state index contributed by atoms with van der Waals surface area (Å²) in [5, 5.41) is 8.06. The fraction of sp³-hybridized carbons (Fsp3) is 0.188. The van der Waals surface area contributed by atoms with Crippen molar-refractivity contribution in [2.75, 3.05) is 12.4 Å². The summed E-state index contributed by atoms with van der Waals surface area (Å²) in [6.45, 7) is 4.29. The zero-order valence-corrected chi connectivity index (χ0v) is 22.6. The van der Waals surface area contributed by atoms with Gasteiger partial charge in [0.15, 0.2) is 0 Å². The molecule has 0 bridgehead atoms. The average Bonchev–Trinajstić information content (AvgIpc) is 3.54. The van der Waals surface area contributed by atoms with Crippen LogP contribution < -0.4 is 10.1 Å². The second kappa shape index (κ2) is 10.4. The Bertz CT molecular complexity index is 1690. The molecule has 2 aromatic heterocycles. The molecule has 0 radical (unpaired) electrons. The first-order chi connectivity index (χ1) is 19.5. The Morgan fingerprint density at radius 3 is 2.62 bits per heavy atom. The molecule has 0 saturated heterocycles. The smallest absolute Gasteiger partial charge is 0.323 e. The van der Waals surface area contributed by atoms with E-state index in [9.17, 15) is 9.18 Å². The number of aryl methyl sites for hydroxylation is 2. The van der Waals surface area contributed by atoms with Crippen LogP contribution in [0.25, 0.3) is 11.5 Å². The van der Waals surface area contributed by atoms with Gasteiger partial charge in [-0.1, -0.05) is 43.3 Å². The number of fused-ring (bicyclic) bond motifs is 3. The van der Waals surface area contributed by atoms with Crippen molar-refractivity contribution in [1.82, 2.24) is 19.2 Å². The van der Waals surface area contributed by atoms with Gasteiger partial charge in [-0.05, 0) is 73.0 Å². The Morgan fingerprint density at radius 1 is 1.05 bits per heavy atom. The van der Waals surface area contributed by atoms with Gasteiger partial charge in [0, 0.05) is 11.8 Å². The number of hydrogen-bond acceptors (Lipinski definition) is 3. The number of nitrogens with zero attached hydrogens (tertiary/aromatic N) is 4. The van der Waals surface area contributed by atoms with E-state index in [2.05, 4.69) is 16.8 Å². The van der Waals surface area contributed by atoms with E-state index >= 15 is 0 Å². The van der Waals surface area contributed by atoms with Gasteiger partial charge in [0.05, 0.1) is 42.5 Å². The molecule has 2 amide bonds. The number of nitrogens with one attached hydrogen (secondary N) is 1. The third kappa shape index (κ3) is 4.41. The van der Waals surface area contributed by atoms with E-state index in [1.54, 1.807) is 18.1 Å². The Kier molecular flexibility index (Phi) is 6.59. The topological polar surface area (TPSA) is 64.3 Å². The lowest BCUT2D eigenvalue weighted by Gasteiger charge is -2.31. The molecule has 3 aromatic carbocycles. The van der Waals surface area contributed by atoms with Crippen molar-refractivity contribution in [2.24, 2.45) is 0 Å². The molecule has 6 rings (SSSR count). The second-order valence-electron chi connectivity index (χ2n) is 9.87. The number of methoxy groups -OCH3 is 1. The summed E-state index contributed by atoms with van der Waals surface area (Å²) in [4.78, 5) is 16.0. The van der Waals surface area contributed by atoms with E-state index in [0.717, 1.165) is 34.0 Å². The van der Waals surface area contributed by atoms with Crippen molar-refractivity contribution in [3.8, 4) is 17.3 Å². The molecule has 40 heavy (non-hydrogen) atoms. The molecule has 3 heterocycles. The van der Waals surface area contributed by atoms with E-state index < -0.39 is 6.04 Å². The summed E-state index contributed by atoms with van der Waals surface area (Å²) in [5.41, 5.74) is 5.81. The number of para-hydroxylation sites is 1. The maximum absolute atomic E-state index is 14.6. The first-order valence-corrected chi connectivity index (χ1v) is 13.3. The molecule has 7 nitrogen and oxygen atoms in total. The van der Waals surface area contributed by atoms with Crippen molar-refractivity contribution in [3.05, 3.63) is 125 Å². The summed E-state index contributed by atoms with van der Waals surface area (Å²) >= 11 is 0. The monoisotopic (exact) mass is 535 g/mol. The lowest BCUT2D eigenvalue weighted by atomic mass is 10.0. The zero-order chi connectivity index (χ0) is 27.8. The highest BCUT2D eigenvalue weighted by Crippen LogP contribution is 2.39. The molecule has 0 saturated carbocycles. The SMILES string of the molecule is CCc1nn(-c2ccccc2)c2c1CN(C(=O)Nc1cc(C)ccc1OC)C(c1cccc(F)c1)c1cccn1-2.